The van der Waals surface area contributed by atoms with Crippen LogP contribution in [0.1, 0.15) is 36.1 Å². The highest BCUT2D eigenvalue weighted by Gasteiger charge is 2.59. The van der Waals surface area contributed by atoms with Gasteiger partial charge in [-0.05, 0) is 36.1 Å². The molecule has 56 heavy (non-hydrogen) atoms. The summed E-state index contributed by atoms with van der Waals surface area (Å²) in [7, 11) is 1.47. The lowest BCUT2D eigenvalue weighted by Crippen LogP contribution is -2.66. The SMILES string of the molecule is CO[C@H]1O[C@H]([C@H](O)[C@H](O)[C@@H](O)[C@H]2O[C@@H]3OC(C)(C)O[C@@H]3[C@H]2OCc2ccccc2)[C@@H](OCc2ccccc2)[C@H](OCc2ccccc2)[C@H]1OCc1ccccc1. The molecule has 12 atom stereocenters. The Morgan fingerprint density at radius 1 is 0.518 bits per heavy atom. The van der Waals surface area contributed by atoms with Gasteiger partial charge in [-0.2, -0.15) is 0 Å². The fourth-order valence-electron chi connectivity index (χ4n) is 7.48. The van der Waals surface area contributed by atoms with Gasteiger partial charge < -0.3 is 58.0 Å². The number of hydrogen-bond acceptors (Lipinski definition) is 12. The van der Waals surface area contributed by atoms with Crippen LogP contribution in [0.5, 0.6) is 0 Å². The molecule has 0 bridgehead atoms. The number of ether oxygens (including phenoxy) is 9. The van der Waals surface area contributed by atoms with E-state index in [0.717, 1.165) is 22.3 Å². The Balaban J connectivity index is 1.16. The number of hydrogen-bond donors (Lipinski definition) is 3. The molecule has 0 saturated carbocycles. The maximum Gasteiger partial charge on any atom is 0.190 e. The van der Waals surface area contributed by atoms with Crippen molar-refractivity contribution >= 4 is 0 Å². The fraction of sp³-hybridized carbons (Fsp3) is 0.455. The van der Waals surface area contributed by atoms with E-state index < -0.39 is 79.4 Å². The summed E-state index contributed by atoms with van der Waals surface area (Å²) in [6.45, 7) is 4.24. The Hall–Kier alpha value is -3.60. The molecule has 7 rings (SSSR count). The van der Waals surface area contributed by atoms with E-state index in [1.54, 1.807) is 13.8 Å². The molecular weight excluding hydrogens is 720 g/mol. The monoisotopic (exact) mass is 772 g/mol. The maximum atomic E-state index is 12.1. The van der Waals surface area contributed by atoms with Crippen molar-refractivity contribution in [2.75, 3.05) is 7.11 Å². The Kier molecular flexibility index (Phi) is 13.6. The highest BCUT2D eigenvalue weighted by atomic mass is 16.8. The summed E-state index contributed by atoms with van der Waals surface area (Å²) < 4.78 is 56.7. The molecule has 0 aliphatic carbocycles. The summed E-state index contributed by atoms with van der Waals surface area (Å²) in [5.74, 6) is -0.958. The van der Waals surface area contributed by atoms with Crippen LogP contribution < -0.4 is 0 Å². The minimum atomic E-state index is -1.82. The average molecular weight is 773 g/mol. The van der Waals surface area contributed by atoms with Crippen LogP contribution >= 0.6 is 0 Å². The van der Waals surface area contributed by atoms with E-state index in [1.165, 1.54) is 7.11 Å². The molecule has 12 nitrogen and oxygen atoms in total. The van der Waals surface area contributed by atoms with Gasteiger partial charge in [-0.15, -0.1) is 0 Å². The van der Waals surface area contributed by atoms with Gasteiger partial charge in [-0.25, -0.2) is 0 Å². The lowest BCUT2D eigenvalue weighted by molar-refractivity contribution is -0.336. The van der Waals surface area contributed by atoms with E-state index in [1.807, 2.05) is 121 Å². The van der Waals surface area contributed by atoms with E-state index in [9.17, 15) is 15.3 Å². The van der Waals surface area contributed by atoms with Gasteiger partial charge in [0, 0.05) is 7.11 Å². The van der Waals surface area contributed by atoms with Crippen LogP contribution in [-0.2, 0) is 69.1 Å². The summed E-state index contributed by atoms with van der Waals surface area (Å²) in [6, 6.07) is 38.4. The van der Waals surface area contributed by atoms with E-state index in [2.05, 4.69) is 0 Å². The normalized spacial score (nSPS) is 30.1. The summed E-state index contributed by atoms with van der Waals surface area (Å²) in [5, 5.41) is 35.8. The molecule has 300 valence electrons. The molecule has 3 saturated heterocycles. The third kappa shape index (κ3) is 9.74. The molecule has 3 fully saturated rings. The molecule has 0 spiro atoms. The second kappa shape index (κ2) is 18.8. The van der Waals surface area contributed by atoms with Crippen molar-refractivity contribution in [3.8, 4) is 0 Å². The van der Waals surface area contributed by atoms with Crippen molar-refractivity contribution in [1.82, 2.24) is 0 Å². The molecule has 0 radical (unpaired) electrons. The topological polar surface area (TPSA) is 144 Å². The van der Waals surface area contributed by atoms with Crippen LogP contribution in [0.25, 0.3) is 0 Å². The minimum absolute atomic E-state index is 0.125. The van der Waals surface area contributed by atoms with Crippen molar-refractivity contribution < 1.29 is 58.0 Å². The second-order valence-electron chi connectivity index (χ2n) is 14.8. The zero-order valence-electron chi connectivity index (χ0n) is 31.8. The molecule has 3 N–H and O–H groups in total. The zero-order valence-corrected chi connectivity index (χ0v) is 31.8. The summed E-state index contributed by atoms with van der Waals surface area (Å²) in [4.78, 5) is 0. The molecule has 0 unspecified atom stereocenters. The van der Waals surface area contributed by atoms with Crippen molar-refractivity contribution in [1.29, 1.82) is 0 Å². The summed E-state index contributed by atoms with van der Waals surface area (Å²) in [5.41, 5.74) is 3.59. The Labute approximate surface area is 327 Å². The van der Waals surface area contributed by atoms with Crippen molar-refractivity contribution in [3.05, 3.63) is 144 Å². The van der Waals surface area contributed by atoms with Crippen LogP contribution in [0.4, 0.5) is 0 Å². The largest absolute Gasteiger partial charge is 0.387 e. The molecular formula is C44H52O12. The molecule has 4 aromatic carbocycles. The average Bonchev–Trinajstić information content (AvgIpc) is 3.72. The van der Waals surface area contributed by atoms with E-state index >= 15 is 0 Å². The van der Waals surface area contributed by atoms with Gasteiger partial charge in [-0.3, -0.25) is 0 Å². The van der Waals surface area contributed by atoms with Crippen molar-refractivity contribution in [2.45, 2.75) is 120 Å². The Morgan fingerprint density at radius 2 is 0.911 bits per heavy atom. The van der Waals surface area contributed by atoms with Gasteiger partial charge in [-0.1, -0.05) is 121 Å². The van der Waals surface area contributed by atoms with Gasteiger partial charge in [0.15, 0.2) is 18.4 Å². The fourth-order valence-corrected chi connectivity index (χ4v) is 7.48. The molecule has 0 aromatic heterocycles. The quantitative estimate of drug-likeness (QED) is 0.137. The first-order chi connectivity index (χ1) is 27.2. The first-order valence-corrected chi connectivity index (χ1v) is 19.1. The number of fused-ring (bicyclic) bond motifs is 1. The third-order valence-corrected chi connectivity index (χ3v) is 10.3. The van der Waals surface area contributed by atoms with Gasteiger partial charge in [0.2, 0.25) is 0 Å². The van der Waals surface area contributed by atoms with Gasteiger partial charge >= 0.3 is 0 Å². The Morgan fingerprint density at radius 3 is 1.36 bits per heavy atom. The van der Waals surface area contributed by atoms with Crippen LogP contribution in [0.3, 0.4) is 0 Å². The van der Waals surface area contributed by atoms with Crippen LogP contribution in [-0.4, -0.2) is 102 Å². The molecule has 12 heteroatoms. The predicted octanol–water partition coefficient (Wildman–Crippen LogP) is 4.66. The Bertz CT molecular complexity index is 1750. The van der Waals surface area contributed by atoms with Crippen LogP contribution in [0.15, 0.2) is 121 Å². The highest BCUT2D eigenvalue weighted by Crippen LogP contribution is 2.41. The highest BCUT2D eigenvalue weighted by molar-refractivity contribution is 5.17. The smallest absolute Gasteiger partial charge is 0.190 e. The molecule has 3 aliphatic heterocycles. The number of benzene rings is 4. The first kappa shape index (κ1) is 40.6. The molecule has 3 aliphatic rings. The van der Waals surface area contributed by atoms with Crippen LogP contribution in [0.2, 0.25) is 0 Å². The van der Waals surface area contributed by atoms with E-state index in [0.29, 0.717) is 0 Å². The summed E-state index contributed by atoms with van der Waals surface area (Å²) in [6.07, 6.45) is -13.9. The van der Waals surface area contributed by atoms with Gasteiger partial charge in [0.25, 0.3) is 0 Å². The zero-order chi connectivity index (χ0) is 39.1. The number of aliphatic hydroxyl groups is 3. The molecule has 3 heterocycles. The van der Waals surface area contributed by atoms with Crippen molar-refractivity contribution in [2.24, 2.45) is 0 Å². The number of aliphatic hydroxyl groups excluding tert-OH is 3. The summed E-state index contributed by atoms with van der Waals surface area (Å²) >= 11 is 0. The lowest BCUT2D eigenvalue weighted by Gasteiger charge is -2.47. The number of methoxy groups -OCH3 is 1. The predicted molar refractivity (Wildman–Crippen MR) is 202 cm³/mol. The maximum absolute atomic E-state index is 12.1. The van der Waals surface area contributed by atoms with Crippen molar-refractivity contribution in [3.63, 3.8) is 0 Å². The lowest BCUT2D eigenvalue weighted by atomic mass is 9.88. The van der Waals surface area contributed by atoms with E-state index in [4.69, 9.17) is 42.6 Å². The molecule has 0 amide bonds. The van der Waals surface area contributed by atoms with Gasteiger partial charge in [0.1, 0.15) is 61.0 Å². The minimum Gasteiger partial charge on any atom is -0.387 e. The first-order valence-electron chi connectivity index (χ1n) is 19.1. The second-order valence-corrected chi connectivity index (χ2v) is 14.8. The molecule has 4 aromatic rings. The van der Waals surface area contributed by atoms with Gasteiger partial charge in [0.05, 0.1) is 26.4 Å². The van der Waals surface area contributed by atoms with Crippen LogP contribution in [0, 0.1) is 0 Å². The number of rotatable bonds is 17. The standard InChI is InChI=1S/C44H52O12/c1-44(2)55-41-38(50-25-29-18-10-5-11-19-29)36(54-43(41)56-44)34(47)32(45)33(46)35-37(49-24-28-16-8-4-9-17-28)39(51-26-30-20-12-6-13-21-30)40(42(48-3)53-35)52-27-31-22-14-7-15-23-31/h4-23,32-43,45-47H,24-27H2,1-3H3/t32-,33+,34+,35+,36+,37+,38-,39-,40+,41+,42-,43+/m0/s1. The third-order valence-electron chi connectivity index (χ3n) is 10.3. The van der Waals surface area contributed by atoms with E-state index in [-0.39, 0.29) is 26.4 Å².